The number of hydrogen-bond donors (Lipinski definition) is 7. The Morgan fingerprint density at radius 1 is 0.796 bits per heavy atom. The van der Waals surface area contributed by atoms with Gasteiger partial charge in [0.2, 0.25) is 29.5 Å². The first-order chi connectivity index (χ1) is 23.3. The zero-order valence-corrected chi connectivity index (χ0v) is 28.3. The van der Waals surface area contributed by atoms with E-state index < -0.39 is 59.7 Å². The highest BCUT2D eigenvalue weighted by Gasteiger charge is 2.38. The molecule has 49 heavy (non-hydrogen) atoms. The third-order valence-corrected chi connectivity index (χ3v) is 8.32. The largest absolute Gasteiger partial charge is 0.370 e. The van der Waals surface area contributed by atoms with Crippen LogP contribution in [-0.2, 0) is 36.8 Å². The Bertz CT molecular complexity index is 1430. The summed E-state index contributed by atoms with van der Waals surface area (Å²) in [6.07, 6.45) is 2.24. The average Bonchev–Trinajstić information content (AvgIpc) is 3.56. The standard InChI is InChI=1S/C35H51N9O5/c1-22(2)19-27(42-31(46)25(36)20-23-11-5-3-6-12-23)32(47)43-28(21-24-13-7-4-8-14-24)33(48)41-26(15-9-17-40-35(38)39)34(49)44-18-10-16-29(44)30(37)45/h3-8,11-14,22,25-29H,9-10,15-21,36H2,1-2H3,(H2,37,45)(H,41,48)(H,42,46)(H,43,47)(H4,38,39,40)/t25-,26-,27-,28-,29-/m0/s1. The number of rotatable bonds is 18. The van der Waals surface area contributed by atoms with Gasteiger partial charge in [-0.25, -0.2) is 0 Å². The summed E-state index contributed by atoms with van der Waals surface area (Å²) in [5, 5.41) is 8.43. The highest BCUT2D eigenvalue weighted by atomic mass is 16.2. The number of nitrogens with zero attached hydrogens (tertiary/aromatic N) is 2. The lowest BCUT2D eigenvalue weighted by Gasteiger charge is -2.30. The fourth-order valence-corrected chi connectivity index (χ4v) is 5.83. The first-order valence-electron chi connectivity index (χ1n) is 16.7. The number of benzene rings is 2. The molecule has 1 aliphatic rings. The van der Waals surface area contributed by atoms with Gasteiger partial charge in [0.15, 0.2) is 5.96 Å². The minimum atomic E-state index is -1.11. The predicted molar refractivity (Wildman–Crippen MR) is 187 cm³/mol. The Hall–Kier alpha value is -4.98. The second-order valence-electron chi connectivity index (χ2n) is 12.8. The zero-order chi connectivity index (χ0) is 35.9. The molecule has 0 spiro atoms. The van der Waals surface area contributed by atoms with Crippen molar-refractivity contribution in [3.8, 4) is 0 Å². The van der Waals surface area contributed by atoms with Crippen LogP contribution >= 0.6 is 0 Å². The van der Waals surface area contributed by atoms with Crippen LogP contribution in [0.2, 0.25) is 0 Å². The van der Waals surface area contributed by atoms with Gasteiger partial charge in [-0.3, -0.25) is 29.0 Å². The van der Waals surface area contributed by atoms with E-state index in [0.717, 1.165) is 11.1 Å². The van der Waals surface area contributed by atoms with Crippen molar-refractivity contribution in [1.82, 2.24) is 20.9 Å². The van der Waals surface area contributed by atoms with E-state index in [-0.39, 0.29) is 37.7 Å². The van der Waals surface area contributed by atoms with E-state index in [1.807, 2.05) is 74.5 Å². The van der Waals surface area contributed by atoms with Gasteiger partial charge in [0.25, 0.3) is 0 Å². The average molecular weight is 678 g/mol. The minimum Gasteiger partial charge on any atom is -0.370 e. The monoisotopic (exact) mass is 677 g/mol. The summed E-state index contributed by atoms with van der Waals surface area (Å²) in [5.41, 5.74) is 24.3. The number of guanidine groups is 1. The molecular weight excluding hydrogens is 626 g/mol. The van der Waals surface area contributed by atoms with E-state index in [2.05, 4.69) is 20.9 Å². The van der Waals surface area contributed by atoms with Crippen molar-refractivity contribution in [3.63, 3.8) is 0 Å². The number of carbonyl (C=O) groups excluding carboxylic acids is 5. The van der Waals surface area contributed by atoms with Crippen molar-refractivity contribution >= 4 is 35.5 Å². The molecule has 1 saturated heterocycles. The predicted octanol–water partition coefficient (Wildman–Crippen LogP) is -0.170. The van der Waals surface area contributed by atoms with E-state index in [0.29, 0.717) is 32.2 Å². The van der Waals surface area contributed by atoms with E-state index >= 15 is 0 Å². The Balaban J connectivity index is 1.82. The molecule has 2 aromatic rings. The van der Waals surface area contributed by atoms with Crippen molar-refractivity contribution in [2.45, 2.75) is 89.0 Å². The second-order valence-corrected chi connectivity index (χ2v) is 12.8. The van der Waals surface area contributed by atoms with E-state index in [1.165, 1.54) is 4.90 Å². The Labute approximate surface area is 287 Å². The molecule has 0 saturated carbocycles. The number of aliphatic imine (C=N–C) groups is 1. The van der Waals surface area contributed by atoms with Gasteiger partial charge in [0.1, 0.15) is 24.2 Å². The summed E-state index contributed by atoms with van der Waals surface area (Å²) >= 11 is 0. The molecule has 5 amide bonds. The van der Waals surface area contributed by atoms with Crippen LogP contribution in [-0.4, -0.2) is 83.7 Å². The number of likely N-dealkylation sites (tertiary alicyclic amines) is 1. The third kappa shape index (κ3) is 12.5. The number of carbonyl (C=O) groups is 5. The van der Waals surface area contributed by atoms with Crippen LogP contribution in [0.25, 0.3) is 0 Å². The van der Waals surface area contributed by atoms with Crippen LogP contribution < -0.4 is 38.9 Å². The second kappa shape index (κ2) is 19.1. The lowest BCUT2D eigenvalue weighted by Crippen LogP contribution is -2.59. The van der Waals surface area contributed by atoms with Crippen LogP contribution in [0.5, 0.6) is 0 Å². The van der Waals surface area contributed by atoms with Gasteiger partial charge >= 0.3 is 0 Å². The molecule has 14 heteroatoms. The molecule has 0 aromatic heterocycles. The molecular formula is C35H51N9O5. The molecule has 0 unspecified atom stereocenters. The highest BCUT2D eigenvalue weighted by Crippen LogP contribution is 2.19. The third-order valence-electron chi connectivity index (χ3n) is 8.32. The molecule has 266 valence electrons. The van der Waals surface area contributed by atoms with E-state index in [4.69, 9.17) is 22.9 Å². The molecule has 3 rings (SSSR count). The molecule has 1 fully saturated rings. The maximum Gasteiger partial charge on any atom is 0.245 e. The fraction of sp³-hybridized carbons (Fsp3) is 0.486. The van der Waals surface area contributed by atoms with Gasteiger partial charge < -0.3 is 43.8 Å². The number of primary amides is 1. The minimum absolute atomic E-state index is 0.0219. The summed E-state index contributed by atoms with van der Waals surface area (Å²) in [4.78, 5) is 72.1. The van der Waals surface area contributed by atoms with Crippen LogP contribution in [0.1, 0.15) is 57.1 Å². The van der Waals surface area contributed by atoms with Crippen molar-refractivity contribution in [2.75, 3.05) is 13.1 Å². The summed E-state index contributed by atoms with van der Waals surface area (Å²) in [7, 11) is 0. The van der Waals surface area contributed by atoms with Gasteiger partial charge in [0, 0.05) is 19.5 Å². The van der Waals surface area contributed by atoms with E-state index in [1.54, 1.807) is 0 Å². The van der Waals surface area contributed by atoms with Crippen molar-refractivity contribution in [3.05, 3.63) is 71.8 Å². The molecule has 1 aliphatic heterocycles. The quantitative estimate of drug-likeness (QED) is 0.0633. The number of nitrogens with two attached hydrogens (primary N) is 4. The van der Waals surface area contributed by atoms with Crippen LogP contribution in [0.3, 0.4) is 0 Å². The Morgan fingerprint density at radius 2 is 1.35 bits per heavy atom. The summed E-state index contributed by atoms with van der Waals surface area (Å²) in [6.45, 7) is 4.37. The zero-order valence-electron chi connectivity index (χ0n) is 28.3. The Kier molecular flexibility index (Phi) is 15.0. The number of hydrogen-bond acceptors (Lipinski definition) is 7. The van der Waals surface area contributed by atoms with Gasteiger partial charge in [0.05, 0.1) is 6.04 Å². The lowest BCUT2D eigenvalue weighted by molar-refractivity contribution is -0.141. The number of amides is 5. The van der Waals surface area contributed by atoms with Crippen molar-refractivity contribution < 1.29 is 24.0 Å². The van der Waals surface area contributed by atoms with Crippen molar-refractivity contribution in [1.29, 1.82) is 0 Å². The van der Waals surface area contributed by atoms with Crippen LogP contribution in [0.4, 0.5) is 0 Å². The smallest absolute Gasteiger partial charge is 0.245 e. The van der Waals surface area contributed by atoms with Gasteiger partial charge in [-0.05, 0) is 55.6 Å². The summed E-state index contributed by atoms with van der Waals surface area (Å²) < 4.78 is 0. The van der Waals surface area contributed by atoms with Crippen LogP contribution in [0, 0.1) is 5.92 Å². The van der Waals surface area contributed by atoms with Gasteiger partial charge in [-0.15, -0.1) is 0 Å². The van der Waals surface area contributed by atoms with Crippen LogP contribution in [0.15, 0.2) is 65.7 Å². The highest BCUT2D eigenvalue weighted by molar-refractivity contribution is 5.96. The molecule has 11 N–H and O–H groups in total. The lowest BCUT2D eigenvalue weighted by atomic mass is 9.99. The molecule has 0 bridgehead atoms. The molecule has 2 aromatic carbocycles. The molecule has 1 heterocycles. The maximum atomic E-state index is 14.0. The van der Waals surface area contributed by atoms with Gasteiger partial charge in [-0.1, -0.05) is 74.5 Å². The molecule has 14 nitrogen and oxygen atoms in total. The first-order valence-corrected chi connectivity index (χ1v) is 16.7. The number of nitrogens with one attached hydrogen (secondary N) is 3. The normalized spacial score (nSPS) is 16.6. The Morgan fingerprint density at radius 3 is 1.92 bits per heavy atom. The fourth-order valence-electron chi connectivity index (χ4n) is 5.83. The topological polar surface area (TPSA) is 241 Å². The summed E-state index contributed by atoms with van der Waals surface area (Å²) in [5.74, 6) is -2.82. The molecule has 0 aliphatic carbocycles. The van der Waals surface area contributed by atoms with Crippen molar-refractivity contribution in [2.24, 2.45) is 33.8 Å². The maximum absolute atomic E-state index is 14.0. The molecule has 0 radical (unpaired) electrons. The first kappa shape index (κ1) is 38.5. The SMILES string of the molecule is CC(C)C[C@H](NC(=O)[C@@H](N)Cc1ccccc1)C(=O)N[C@@H](Cc1ccccc1)C(=O)N[C@@H](CCCN=C(N)N)C(=O)N1CCC[C@H]1C(N)=O. The molecule has 5 atom stereocenters. The van der Waals surface area contributed by atoms with E-state index in [9.17, 15) is 24.0 Å². The summed E-state index contributed by atoms with van der Waals surface area (Å²) in [6, 6.07) is 13.6. The van der Waals surface area contributed by atoms with Gasteiger partial charge in [-0.2, -0.15) is 0 Å².